The normalized spacial score (nSPS) is 36.5. The van der Waals surface area contributed by atoms with E-state index in [9.17, 15) is 8.42 Å². The van der Waals surface area contributed by atoms with Crippen LogP contribution in [0.2, 0.25) is 0 Å². The smallest absolute Gasteiger partial charge is 0.154 e. The van der Waals surface area contributed by atoms with Crippen molar-refractivity contribution in [3.63, 3.8) is 0 Å². The molecule has 13 heavy (non-hydrogen) atoms. The monoisotopic (exact) mass is 203 g/mol. The third-order valence-corrected chi connectivity index (χ3v) is 5.93. The highest BCUT2D eigenvalue weighted by Gasteiger charge is 2.47. The van der Waals surface area contributed by atoms with E-state index < -0.39 is 9.84 Å². The first kappa shape index (κ1) is 9.46. The van der Waals surface area contributed by atoms with Crippen LogP contribution < -0.4 is 5.73 Å². The minimum Gasteiger partial charge on any atom is -0.324 e. The maximum absolute atomic E-state index is 11.7. The van der Waals surface area contributed by atoms with Gasteiger partial charge in [-0.2, -0.15) is 0 Å². The third kappa shape index (κ3) is 1.50. The Kier molecular flexibility index (Phi) is 2.15. The van der Waals surface area contributed by atoms with Crippen LogP contribution in [0.1, 0.15) is 38.5 Å². The molecule has 0 amide bonds. The first-order valence-electron chi connectivity index (χ1n) is 5.05. The zero-order valence-corrected chi connectivity index (χ0v) is 8.65. The van der Waals surface area contributed by atoms with E-state index in [1.165, 1.54) is 0 Å². The minimum absolute atomic E-state index is 0.234. The first-order valence-corrected chi connectivity index (χ1v) is 6.77. The molecule has 0 bridgehead atoms. The molecule has 2 fully saturated rings. The van der Waals surface area contributed by atoms with Gasteiger partial charge in [0.2, 0.25) is 0 Å². The molecule has 0 spiro atoms. The Morgan fingerprint density at radius 3 is 2.31 bits per heavy atom. The highest BCUT2D eigenvalue weighted by atomic mass is 32.2. The average molecular weight is 203 g/mol. The summed E-state index contributed by atoms with van der Waals surface area (Å²) >= 11 is 0. The largest absolute Gasteiger partial charge is 0.324 e. The van der Waals surface area contributed by atoms with Crippen molar-refractivity contribution in [3.05, 3.63) is 0 Å². The lowest BCUT2D eigenvalue weighted by molar-refractivity contribution is 0.224. The molecule has 1 saturated heterocycles. The van der Waals surface area contributed by atoms with E-state index in [0.717, 1.165) is 38.5 Å². The fourth-order valence-electron chi connectivity index (χ4n) is 2.51. The molecule has 2 rings (SSSR count). The summed E-state index contributed by atoms with van der Waals surface area (Å²) in [7, 11) is -2.87. The van der Waals surface area contributed by atoms with Gasteiger partial charge in [-0.25, -0.2) is 8.42 Å². The molecule has 1 unspecified atom stereocenters. The first-order chi connectivity index (χ1) is 6.05. The van der Waals surface area contributed by atoms with Gasteiger partial charge < -0.3 is 5.73 Å². The Morgan fingerprint density at radius 1 is 1.15 bits per heavy atom. The third-order valence-electron chi connectivity index (χ3n) is 3.50. The molecule has 4 heteroatoms. The molecule has 1 saturated carbocycles. The van der Waals surface area contributed by atoms with E-state index >= 15 is 0 Å². The summed E-state index contributed by atoms with van der Waals surface area (Å²) in [6.07, 6.45) is 5.55. The fourth-order valence-corrected chi connectivity index (χ4v) is 4.87. The number of hydrogen-bond acceptors (Lipinski definition) is 3. The summed E-state index contributed by atoms with van der Waals surface area (Å²) in [5, 5.41) is -0.234. The van der Waals surface area contributed by atoms with Crippen molar-refractivity contribution in [2.24, 2.45) is 5.73 Å². The van der Waals surface area contributed by atoms with Crippen LogP contribution >= 0.6 is 0 Å². The van der Waals surface area contributed by atoms with Gasteiger partial charge in [0.15, 0.2) is 9.84 Å². The lowest BCUT2D eigenvalue weighted by Crippen LogP contribution is -2.60. The lowest BCUT2D eigenvalue weighted by Gasteiger charge is -2.45. The zero-order chi connectivity index (χ0) is 9.53. The van der Waals surface area contributed by atoms with Crippen LogP contribution in [0, 0.1) is 0 Å². The minimum atomic E-state index is -2.87. The zero-order valence-electron chi connectivity index (χ0n) is 7.83. The van der Waals surface area contributed by atoms with E-state index in [-0.39, 0.29) is 10.8 Å². The summed E-state index contributed by atoms with van der Waals surface area (Å²) in [4.78, 5) is 0. The molecule has 0 aromatic carbocycles. The van der Waals surface area contributed by atoms with E-state index in [1.54, 1.807) is 0 Å². The second kappa shape index (κ2) is 2.95. The van der Waals surface area contributed by atoms with Crippen LogP contribution in [0.4, 0.5) is 0 Å². The van der Waals surface area contributed by atoms with Crippen LogP contribution in [-0.2, 0) is 9.84 Å². The summed E-state index contributed by atoms with van der Waals surface area (Å²) in [5.41, 5.74) is 5.71. The molecule has 2 N–H and O–H groups in total. The van der Waals surface area contributed by atoms with Gasteiger partial charge in [0.05, 0.1) is 11.0 Å². The van der Waals surface area contributed by atoms with Crippen molar-refractivity contribution in [3.8, 4) is 0 Å². The molecule has 1 atom stereocenters. The molecule has 1 aliphatic heterocycles. The topological polar surface area (TPSA) is 60.2 Å². The summed E-state index contributed by atoms with van der Waals surface area (Å²) < 4.78 is 23.5. The van der Waals surface area contributed by atoms with Crippen molar-refractivity contribution in [1.29, 1.82) is 0 Å². The maximum atomic E-state index is 11.7. The second-order valence-corrected chi connectivity index (χ2v) is 6.74. The van der Waals surface area contributed by atoms with Crippen LogP contribution in [0.25, 0.3) is 0 Å². The van der Waals surface area contributed by atoms with Gasteiger partial charge >= 0.3 is 0 Å². The molecule has 0 aromatic heterocycles. The van der Waals surface area contributed by atoms with Gasteiger partial charge in [0.25, 0.3) is 0 Å². The number of sulfone groups is 1. The molecular formula is C9H17NO2S. The van der Waals surface area contributed by atoms with Crippen LogP contribution in [0.3, 0.4) is 0 Å². The summed E-state index contributed by atoms with van der Waals surface area (Å²) in [5.74, 6) is 0.358. The predicted octanol–water partition coefficient (Wildman–Crippen LogP) is 0.835. The number of nitrogens with two attached hydrogens (primary N) is 1. The standard InChI is InChI=1S/C9H17NO2S/c10-9(5-3-6-9)8-4-1-2-7-13(8,11)12/h8H,1-7,10H2. The van der Waals surface area contributed by atoms with E-state index in [1.807, 2.05) is 0 Å². The average Bonchev–Trinajstić information content (AvgIpc) is 2.00. The Bertz CT molecular complexity index is 293. The van der Waals surface area contributed by atoms with E-state index in [0.29, 0.717) is 5.75 Å². The quantitative estimate of drug-likeness (QED) is 0.687. The SMILES string of the molecule is NC1(C2CCCCS2(=O)=O)CCC1. The van der Waals surface area contributed by atoms with Gasteiger partial charge in [-0.3, -0.25) is 0 Å². The number of hydrogen-bond donors (Lipinski definition) is 1. The van der Waals surface area contributed by atoms with Crippen molar-refractivity contribution in [2.45, 2.75) is 49.3 Å². The van der Waals surface area contributed by atoms with Gasteiger partial charge in [0, 0.05) is 5.54 Å². The highest BCUT2D eigenvalue weighted by molar-refractivity contribution is 7.92. The van der Waals surface area contributed by atoms with E-state index in [4.69, 9.17) is 5.73 Å². The van der Waals surface area contributed by atoms with Crippen molar-refractivity contribution >= 4 is 9.84 Å². The van der Waals surface area contributed by atoms with Gasteiger partial charge in [0.1, 0.15) is 0 Å². The van der Waals surface area contributed by atoms with Gasteiger partial charge in [-0.1, -0.05) is 6.42 Å². The Labute approximate surface area is 79.6 Å². The molecule has 3 nitrogen and oxygen atoms in total. The Hall–Kier alpha value is -0.0900. The molecular weight excluding hydrogens is 186 g/mol. The Balaban J connectivity index is 2.21. The molecule has 0 aromatic rings. The van der Waals surface area contributed by atoms with E-state index in [2.05, 4.69) is 0 Å². The lowest BCUT2D eigenvalue weighted by atomic mass is 9.74. The predicted molar refractivity (Wildman–Crippen MR) is 52.2 cm³/mol. The van der Waals surface area contributed by atoms with Gasteiger partial charge in [-0.05, 0) is 32.1 Å². The molecule has 2 aliphatic rings. The summed E-state index contributed by atoms with van der Waals surface area (Å²) in [6.45, 7) is 0. The van der Waals surface area contributed by atoms with Crippen molar-refractivity contribution in [2.75, 3.05) is 5.75 Å². The van der Waals surface area contributed by atoms with Crippen molar-refractivity contribution in [1.82, 2.24) is 0 Å². The molecule has 1 heterocycles. The Morgan fingerprint density at radius 2 is 1.85 bits per heavy atom. The summed E-state index contributed by atoms with van der Waals surface area (Å²) in [6, 6.07) is 0. The number of rotatable bonds is 1. The molecule has 1 aliphatic carbocycles. The van der Waals surface area contributed by atoms with Crippen LogP contribution in [-0.4, -0.2) is 25.0 Å². The second-order valence-electron chi connectivity index (χ2n) is 4.44. The molecule has 76 valence electrons. The van der Waals surface area contributed by atoms with Crippen molar-refractivity contribution < 1.29 is 8.42 Å². The van der Waals surface area contributed by atoms with Gasteiger partial charge in [-0.15, -0.1) is 0 Å². The van der Waals surface area contributed by atoms with Crippen LogP contribution in [0.15, 0.2) is 0 Å². The maximum Gasteiger partial charge on any atom is 0.154 e. The highest BCUT2D eigenvalue weighted by Crippen LogP contribution is 2.39. The van der Waals surface area contributed by atoms with Crippen LogP contribution in [0.5, 0.6) is 0 Å². The molecule has 0 radical (unpaired) electrons. The fraction of sp³-hybridized carbons (Fsp3) is 1.00.